The molecule has 0 fully saturated rings. The van der Waals surface area contributed by atoms with Crippen LogP contribution in [0.1, 0.15) is 20.3 Å². The molecule has 0 aliphatic carbocycles. The molecule has 0 aliphatic heterocycles. The zero-order chi connectivity index (χ0) is 15.9. The first-order valence-electron chi connectivity index (χ1n) is 7.11. The Morgan fingerprint density at radius 2 is 1.95 bits per heavy atom. The molecule has 2 N–H and O–H groups in total. The highest BCUT2D eigenvalue weighted by Gasteiger charge is 2.07. The number of hydrogen-bond donors (Lipinski definition) is 2. The fourth-order valence-electron chi connectivity index (χ4n) is 1.81. The Morgan fingerprint density at radius 1 is 1.18 bits per heavy atom. The summed E-state index contributed by atoms with van der Waals surface area (Å²) in [5, 5.41) is 14.3. The largest absolute Gasteiger partial charge is 0.493 e. The van der Waals surface area contributed by atoms with Crippen molar-refractivity contribution in [3.63, 3.8) is 0 Å². The lowest BCUT2D eigenvalue weighted by Gasteiger charge is -2.13. The highest BCUT2D eigenvalue weighted by Crippen LogP contribution is 2.30. The van der Waals surface area contributed by atoms with Gasteiger partial charge in [-0.1, -0.05) is 6.92 Å². The van der Waals surface area contributed by atoms with Crippen molar-refractivity contribution in [2.24, 2.45) is 0 Å². The molecule has 1 atom stereocenters. The van der Waals surface area contributed by atoms with E-state index < -0.39 is 0 Å². The van der Waals surface area contributed by atoms with Crippen LogP contribution in [0.25, 0.3) is 0 Å². The average Bonchev–Trinajstić information content (AvgIpc) is 2.55. The predicted molar refractivity (Wildman–Crippen MR) is 86.0 cm³/mol. The standard InChI is InChI=1S/C15H21N5O2/c1-5-10(2)17-15-19-14(9-16-20-15)18-11-6-7-12(21-3)13(8-11)22-4/h6-10H,5H2,1-4H3,(H2,17,18,19,20). The Morgan fingerprint density at radius 3 is 2.64 bits per heavy atom. The van der Waals surface area contributed by atoms with Gasteiger partial charge in [-0.3, -0.25) is 0 Å². The summed E-state index contributed by atoms with van der Waals surface area (Å²) in [6.07, 6.45) is 2.55. The van der Waals surface area contributed by atoms with E-state index >= 15 is 0 Å². The molecule has 2 aromatic rings. The van der Waals surface area contributed by atoms with Crippen LogP contribution in [0.2, 0.25) is 0 Å². The van der Waals surface area contributed by atoms with Crippen LogP contribution in [-0.2, 0) is 0 Å². The fraction of sp³-hybridized carbons (Fsp3) is 0.400. The molecule has 22 heavy (non-hydrogen) atoms. The molecule has 1 aromatic carbocycles. The third-order valence-electron chi connectivity index (χ3n) is 3.20. The van der Waals surface area contributed by atoms with E-state index in [-0.39, 0.29) is 6.04 Å². The van der Waals surface area contributed by atoms with Gasteiger partial charge in [0, 0.05) is 17.8 Å². The van der Waals surface area contributed by atoms with Gasteiger partial charge in [0.2, 0.25) is 5.95 Å². The smallest absolute Gasteiger partial charge is 0.244 e. The Kier molecular flexibility index (Phi) is 5.35. The SMILES string of the molecule is CCC(C)Nc1nncc(Nc2ccc(OC)c(OC)c2)n1. The highest BCUT2D eigenvalue weighted by molar-refractivity contribution is 5.61. The van der Waals surface area contributed by atoms with Gasteiger partial charge in [-0.05, 0) is 25.5 Å². The first kappa shape index (κ1) is 15.8. The Labute approximate surface area is 130 Å². The molecule has 1 unspecified atom stereocenters. The first-order valence-corrected chi connectivity index (χ1v) is 7.11. The lowest BCUT2D eigenvalue weighted by molar-refractivity contribution is 0.355. The summed E-state index contributed by atoms with van der Waals surface area (Å²) < 4.78 is 10.5. The molecule has 0 amide bonds. The molecule has 0 radical (unpaired) electrons. The van der Waals surface area contributed by atoms with Crippen molar-refractivity contribution >= 4 is 17.5 Å². The van der Waals surface area contributed by atoms with Crippen LogP contribution in [0.5, 0.6) is 11.5 Å². The molecule has 7 nitrogen and oxygen atoms in total. The molecular formula is C15H21N5O2. The van der Waals surface area contributed by atoms with E-state index in [4.69, 9.17) is 9.47 Å². The zero-order valence-electron chi connectivity index (χ0n) is 13.3. The predicted octanol–water partition coefficient (Wildman–Crippen LogP) is 2.84. The van der Waals surface area contributed by atoms with Crippen molar-refractivity contribution in [2.45, 2.75) is 26.3 Å². The van der Waals surface area contributed by atoms with Crippen molar-refractivity contribution in [1.82, 2.24) is 15.2 Å². The van der Waals surface area contributed by atoms with Crippen LogP contribution >= 0.6 is 0 Å². The molecule has 7 heteroatoms. The monoisotopic (exact) mass is 303 g/mol. The molecule has 1 heterocycles. The summed E-state index contributed by atoms with van der Waals surface area (Å²) in [6, 6.07) is 5.83. The van der Waals surface area contributed by atoms with Gasteiger partial charge in [0.15, 0.2) is 17.3 Å². The molecular weight excluding hydrogens is 282 g/mol. The summed E-state index contributed by atoms with van der Waals surface area (Å²) in [4.78, 5) is 4.39. The number of benzene rings is 1. The van der Waals surface area contributed by atoms with Crippen LogP contribution in [0.15, 0.2) is 24.4 Å². The normalized spacial score (nSPS) is 11.6. The van der Waals surface area contributed by atoms with Gasteiger partial charge in [0.05, 0.1) is 20.4 Å². The van der Waals surface area contributed by atoms with Crippen LogP contribution in [0, 0.1) is 0 Å². The number of nitrogens with zero attached hydrogens (tertiary/aromatic N) is 3. The van der Waals surface area contributed by atoms with Crippen molar-refractivity contribution < 1.29 is 9.47 Å². The number of anilines is 3. The topological polar surface area (TPSA) is 81.2 Å². The minimum absolute atomic E-state index is 0.290. The van der Waals surface area contributed by atoms with E-state index in [9.17, 15) is 0 Å². The number of aromatic nitrogens is 3. The van der Waals surface area contributed by atoms with Crippen LogP contribution < -0.4 is 20.1 Å². The summed E-state index contributed by atoms with van der Waals surface area (Å²) in [7, 11) is 3.20. The second kappa shape index (κ2) is 7.44. The maximum absolute atomic E-state index is 5.28. The maximum Gasteiger partial charge on any atom is 0.244 e. The summed E-state index contributed by atoms with van der Waals surface area (Å²) >= 11 is 0. The lowest BCUT2D eigenvalue weighted by Crippen LogP contribution is -2.16. The number of ether oxygens (including phenoxy) is 2. The van der Waals surface area contributed by atoms with Gasteiger partial charge in [-0.15, -0.1) is 5.10 Å². The quantitative estimate of drug-likeness (QED) is 0.814. The maximum atomic E-state index is 5.28. The fourth-order valence-corrected chi connectivity index (χ4v) is 1.81. The van der Waals surface area contributed by atoms with Gasteiger partial charge in [0.25, 0.3) is 0 Å². The molecule has 0 saturated heterocycles. The molecule has 0 aliphatic rings. The van der Waals surface area contributed by atoms with E-state index in [0.29, 0.717) is 23.3 Å². The Hall–Kier alpha value is -2.57. The molecule has 118 valence electrons. The number of hydrogen-bond acceptors (Lipinski definition) is 7. The minimum atomic E-state index is 0.290. The van der Waals surface area contributed by atoms with E-state index in [1.54, 1.807) is 20.4 Å². The second-order valence-corrected chi connectivity index (χ2v) is 4.81. The van der Waals surface area contributed by atoms with E-state index in [0.717, 1.165) is 12.1 Å². The molecule has 1 aromatic heterocycles. The van der Waals surface area contributed by atoms with Crippen molar-refractivity contribution in [1.29, 1.82) is 0 Å². The van der Waals surface area contributed by atoms with Crippen LogP contribution in [0.3, 0.4) is 0 Å². The number of nitrogens with one attached hydrogen (secondary N) is 2. The van der Waals surface area contributed by atoms with Gasteiger partial charge < -0.3 is 20.1 Å². The Bertz CT molecular complexity index is 621. The van der Waals surface area contributed by atoms with Gasteiger partial charge in [-0.25, -0.2) is 0 Å². The van der Waals surface area contributed by atoms with Crippen LogP contribution in [-0.4, -0.2) is 35.4 Å². The molecule has 2 rings (SSSR count). The second-order valence-electron chi connectivity index (χ2n) is 4.81. The van der Waals surface area contributed by atoms with Crippen molar-refractivity contribution in [3.8, 4) is 11.5 Å². The third-order valence-corrected chi connectivity index (χ3v) is 3.20. The van der Waals surface area contributed by atoms with Crippen molar-refractivity contribution in [2.75, 3.05) is 24.9 Å². The van der Waals surface area contributed by atoms with Gasteiger partial charge >= 0.3 is 0 Å². The number of methoxy groups -OCH3 is 2. The highest BCUT2D eigenvalue weighted by atomic mass is 16.5. The van der Waals surface area contributed by atoms with Gasteiger partial charge in [-0.2, -0.15) is 10.1 Å². The summed E-state index contributed by atoms with van der Waals surface area (Å²) in [6.45, 7) is 4.16. The van der Waals surface area contributed by atoms with Gasteiger partial charge in [0.1, 0.15) is 0 Å². The minimum Gasteiger partial charge on any atom is -0.493 e. The van der Waals surface area contributed by atoms with E-state index in [2.05, 4.69) is 39.7 Å². The van der Waals surface area contributed by atoms with Crippen LogP contribution in [0.4, 0.5) is 17.5 Å². The zero-order valence-corrected chi connectivity index (χ0v) is 13.3. The van der Waals surface area contributed by atoms with E-state index in [1.165, 1.54) is 0 Å². The van der Waals surface area contributed by atoms with E-state index in [1.807, 2.05) is 18.2 Å². The Balaban J connectivity index is 2.15. The summed E-state index contributed by atoms with van der Waals surface area (Å²) in [5.74, 6) is 2.42. The molecule has 0 spiro atoms. The third kappa shape index (κ3) is 3.97. The first-order chi connectivity index (χ1) is 10.7. The number of rotatable bonds is 7. The van der Waals surface area contributed by atoms with Crippen molar-refractivity contribution in [3.05, 3.63) is 24.4 Å². The summed E-state index contributed by atoms with van der Waals surface area (Å²) in [5.41, 5.74) is 0.827. The average molecular weight is 303 g/mol. The lowest BCUT2D eigenvalue weighted by atomic mass is 10.2. The molecule has 0 saturated carbocycles. The molecule has 0 bridgehead atoms.